The molecule has 1 aromatic rings. The first-order valence-electron chi connectivity index (χ1n) is 5.83. The van der Waals surface area contributed by atoms with E-state index in [1.54, 1.807) is 16.2 Å². The van der Waals surface area contributed by atoms with Gasteiger partial charge in [0.25, 0.3) is 0 Å². The molecule has 1 aliphatic rings. The Hall–Kier alpha value is -1.10. The van der Waals surface area contributed by atoms with Crippen molar-refractivity contribution < 1.29 is 9.53 Å². The van der Waals surface area contributed by atoms with Crippen LogP contribution in [0.5, 0.6) is 0 Å². The number of nitrogens with zero attached hydrogens (tertiary/aromatic N) is 2. The second-order valence-electron chi connectivity index (χ2n) is 5.28. The van der Waals surface area contributed by atoms with E-state index in [-0.39, 0.29) is 6.09 Å². The van der Waals surface area contributed by atoms with Gasteiger partial charge >= 0.3 is 6.09 Å². The summed E-state index contributed by atoms with van der Waals surface area (Å²) in [5, 5.41) is 3.10. The van der Waals surface area contributed by atoms with Crippen molar-refractivity contribution in [1.29, 1.82) is 0 Å². The average Bonchev–Trinajstić information content (AvgIpc) is 2.86. The van der Waals surface area contributed by atoms with E-state index in [1.165, 1.54) is 0 Å². The van der Waals surface area contributed by atoms with Crippen LogP contribution in [0.15, 0.2) is 11.6 Å². The molecule has 2 heterocycles. The highest BCUT2D eigenvalue weighted by Crippen LogP contribution is 2.29. The van der Waals surface area contributed by atoms with Gasteiger partial charge in [-0.25, -0.2) is 9.78 Å². The van der Waals surface area contributed by atoms with Crippen LogP contribution < -0.4 is 0 Å². The molecule has 1 aliphatic heterocycles. The first kappa shape index (κ1) is 12.4. The summed E-state index contributed by atoms with van der Waals surface area (Å²) in [6.45, 7) is 7.15. The molecule has 2 rings (SSSR count). The van der Waals surface area contributed by atoms with E-state index in [1.807, 2.05) is 32.3 Å². The summed E-state index contributed by atoms with van der Waals surface area (Å²) in [7, 11) is 0. The number of ether oxygens (including phenoxy) is 1. The van der Waals surface area contributed by atoms with Crippen molar-refractivity contribution in [2.75, 3.05) is 13.1 Å². The van der Waals surface area contributed by atoms with Crippen molar-refractivity contribution in [3.8, 4) is 0 Å². The molecule has 94 valence electrons. The molecule has 1 fully saturated rings. The van der Waals surface area contributed by atoms with Crippen LogP contribution in [-0.2, 0) is 4.74 Å². The molecule has 17 heavy (non-hydrogen) atoms. The summed E-state index contributed by atoms with van der Waals surface area (Å²) in [6, 6.07) is 0. The number of amides is 1. The van der Waals surface area contributed by atoms with Crippen molar-refractivity contribution in [1.82, 2.24) is 9.88 Å². The normalized spacial score (nSPS) is 20.6. The van der Waals surface area contributed by atoms with Gasteiger partial charge in [0.1, 0.15) is 5.60 Å². The van der Waals surface area contributed by atoms with Crippen LogP contribution >= 0.6 is 11.3 Å². The zero-order valence-electron chi connectivity index (χ0n) is 10.5. The van der Waals surface area contributed by atoms with Gasteiger partial charge in [-0.2, -0.15) is 0 Å². The number of carbonyl (C=O) groups is 1. The predicted octanol–water partition coefficient (Wildman–Crippen LogP) is 2.87. The lowest BCUT2D eigenvalue weighted by Crippen LogP contribution is -2.35. The summed E-state index contributed by atoms with van der Waals surface area (Å²) in [5.41, 5.74) is -0.420. The Bertz CT molecular complexity index is 384. The molecular weight excluding hydrogens is 236 g/mol. The summed E-state index contributed by atoms with van der Waals surface area (Å²) in [4.78, 5) is 17.9. The second kappa shape index (κ2) is 4.64. The lowest BCUT2D eigenvalue weighted by molar-refractivity contribution is 0.0292. The summed E-state index contributed by atoms with van der Waals surface area (Å²) < 4.78 is 5.36. The monoisotopic (exact) mass is 254 g/mol. The summed E-state index contributed by atoms with van der Waals surface area (Å²) in [6.07, 6.45) is 2.58. The van der Waals surface area contributed by atoms with Crippen LogP contribution in [0.1, 0.15) is 38.1 Å². The SMILES string of the molecule is CC(C)(C)OC(=O)N1CCC(c2nccs2)C1. The van der Waals surface area contributed by atoms with Gasteiger partial charge in [0.2, 0.25) is 0 Å². The fourth-order valence-corrected chi connectivity index (χ4v) is 2.66. The molecule has 0 N–H and O–H groups in total. The molecule has 0 radical (unpaired) electrons. The second-order valence-corrected chi connectivity index (χ2v) is 6.21. The van der Waals surface area contributed by atoms with E-state index in [9.17, 15) is 4.79 Å². The van der Waals surface area contributed by atoms with Crippen LogP contribution in [0.3, 0.4) is 0 Å². The highest BCUT2D eigenvalue weighted by atomic mass is 32.1. The minimum atomic E-state index is -0.420. The third-order valence-corrected chi connectivity index (χ3v) is 3.58. The van der Waals surface area contributed by atoms with E-state index in [0.29, 0.717) is 5.92 Å². The molecular formula is C12H18N2O2S. The van der Waals surface area contributed by atoms with E-state index in [4.69, 9.17) is 4.74 Å². The van der Waals surface area contributed by atoms with Crippen LogP contribution in [0.25, 0.3) is 0 Å². The van der Waals surface area contributed by atoms with Crippen LogP contribution in [-0.4, -0.2) is 34.7 Å². The number of hydrogen-bond donors (Lipinski definition) is 0. The van der Waals surface area contributed by atoms with Crippen molar-refractivity contribution in [2.45, 2.75) is 38.7 Å². The number of carbonyl (C=O) groups excluding carboxylic acids is 1. The van der Waals surface area contributed by atoms with E-state index in [2.05, 4.69) is 4.98 Å². The van der Waals surface area contributed by atoms with Crippen molar-refractivity contribution in [3.63, 3.8) is 0 Å². The highest BCUT2D eigenvalue weighted by molar-refractivity contribution is 7.09. The molecule has 4 nitrogen and oxygen atoms in total. The molecule has 0 aromatic carbocycles. The van der Waals surface area contributed by atoms with Crippen molar-refractivity contribution in [3.05, 3.63) is 16.6 Å². The average molecular weight is 254 g/mol. The van der Waals surface area contributed by atoms with E-state index in [0.717, 1.165) is 24.5 Å². The van der Waals surface area contributed by atoms with Gasteiger partial charge in [-0.3, -0.25) is 0 Å². The molecule has 1 aromatic heterocycles. The predicted molar refractivity (Wildman–Crippen MR) is 67.3 cm³/mol. The van der Waals surface area contributed by atoms with Gasteiger partial charge < -0.3 is 9.64 Å². The Labute approximate surface area is 106 Å². The Kier molecular flexibility index (Phi) is 3.38. The summed E-state index contributed by atoms with van der Waals surface area (Å²) in [5.74, 6) is 0.377. The smallest absolute Gasteiger partial charge is 0.410 e. The molecule has 1 unspecified atom stereocenters. The van der Waals surface area contributed by atoms with E-state index < -0.39 is 5.60 Å². The fourth-order valence-electron chi connectivity index (χ4n) is 1.89. The molecule has 5 heteroatoms. The number of likely N-dealkylation sites (tertiary alicyclic amines) is 1. The maximum Gasteiger partial charge on any atom is 0.410 e. The Morgan fingerprint density at radius 3 is 2.94 bits per heavy atom. The van der Waals surface area contributed by atoms with Crippen LogP contribution in [0.4, 0.5) is 4.79 Å². The lowest BCUT2D eigenvalue weighted by Gasteiger charge is -2.24. The zero-order chi connectivity index (χ0) is 12.5. The molecule has 1 atom stereocenters. The molecule has 0 bridgehead atoms. The van der Waals surface area contributed by atoms with Crippen LogP contribution in [0.2, 0.25) is 0 Å². The highest BCUT2D eigenvalue weighted by Gasteiger charge is 2.31. The van der Waals surface area contributed by atoms with Gasteiger partial charge in [0.05, 0.1) is 5.01 Å². The maximum absolute atomic E-state index is 11.9. The minimum Gasteiger partial charge on any atom is -0.444 e. The zero-order valence-corrected chi connectivity index (χ0v) is 11.3. The molecule has 0 aliphatic carbocycles. The van der Waals surface area contributed by atoms with Crippen molar-refractivity contribution >= 4 is 17.4 Å². The first-order chi connectivity index (χ1) is 7.96. The van der Waals surface area contributed by atoms with Crippen LogP contribution in [0, 0.1) is 0 Å². The van der Waals surface area contributed by atoms with Gasteiger partial charge in [0, 0.05) is 30.6 Å². The fraction of sp³-hybridized carbons (Fsp3) is 0.667. The van der Waals surface area contributed by atoms with Crippen molar-refractivity contribution in [2.24, 2.45) is 0 Å². The Balaban J connectivity index is 1.92. The molecule has 1 saturated heterocycles. The number of aromatic nitrogens is 1. The number of thiazole rings is 1. The molecule has 0 saturated carbocycles. The lowest BCUT2D eigenvalue weighted by atomic mass is 10.1. The quantitative estimate of drug-likeness (QED) is 0.774. The Morgan fingerprint density at radius 1 is 1.59 bits per heavy atom. The van der Waals surface area contributed by atoms with Gasteiger partial charge in [-0.05, 0) is 27.2 Å². The minimum absolute atomic E-state index is 0.212. The summed E-state index contributed by atoms with van der Waals surface area (Å²) >= 11 is 1.66. The van der Waals surface area contributed by atoms with Gasteiger partial charge in [0.15, 0.2) is 0 Å². The van der Waals surface area contributed by atoms with E-state index >= 15 is 0 Å². The third kappa shape index (κ3) is 3.19. The maximum atomic E-state index is 11.9. The van der Waals surface area contributed by atoms with Gasteiger partial charge in [-0.1, -0.05) is 0 Å². The Morgan fingerprint density at radius 2 is 2.35 bits per heavy atom. The molecule has 1 amide bonds. The number of rotatable bonds is 1. The molecule has 0 spiro atoms. The largest absolute Gasteiger partial charge is 0.444 e. The van der Waals surface area contributed by atoms with Gasteiger partial charge in [-0.15, -0.1) is 11.3 Å². The third-order valence-electron chi connectivity index (χ3n) is 2.64. The topological polar surface area (TPSA) is 42.4 Å². The first-order valence-corrected chi connectivity index (χ1v) is 6.71. The standard InChI is InChI=1S/C12H18N2O2S/c1-12(2,3)16-11(15)14-6-4-9(8-14)10-13-5-7-17-10/h5,7,9H,4,6,8H2,1-3H3. The number of hydrogen-bond acceptors (Lipinski definition) is 4.